The summed E-state index contributed by atoms with van der Waals surface area (Å²) in [6, 6.07) is 5.01. The van der Waals surface area contributed by atoms with Gasteiger partial charge in [-0.15, -0.1) is 0 Å². The molecule has 29 heavy (non-hydrogen) atoms. The Morgan fingerprint density at radius 1 is 1.00 bits per heavy atom. The van der Waals surface area contributed by atoms with Crippen molar-refractivity contribution in [2.24, 2.45) is 10.3 Å². The van der Waals surface area contributed by atoms with Gasteiger partial charge in [-0.05, 0) is 36.4 Å². The van der Waals surface area contributed by atoms with E-state index in [1.54, 1.807) is 0 Å². The largest absolute Gasteiger partial charge is 0.322 e. The van der Waals surface area contributed by atoms with Crippen LogP contribution in [0, 0.1) is 17.5 Å². The first-order valence-corrected chi connectivity index (χ1v) is 8.41. The molecule has 1 fully saturated rings. The molecule has 2 heterocycles. The highest BCUT2D eigenvalue weighted by atomic mass is 19.1. The Balaban J connectivity index is 1.49. The minimum absolute atomic E-state index is 0.164. The van der Waals surface area contributed by atoms with E-state index in [9.17, 15) is 27.6 Å². The van der Waals surface area contributed by atoms with Crippen molar-refractivity contribution in [1.82, 2.24) is 5.01 Å². The first-order chi connectivity index (χ1) is 13.8. The van der Waals surface area contributed by atoms with E-state index in [4.69, 9.17) is 0 Å². The average Bonchev–Trinajstić information content (AvgIpc) is 3.19. The maximum absolute atomic E-state index is 13.7. The monoisotopic (exact) mass is 403 g/mol. The van der Waals surface area contributed by atoms with E-state index in [0.29, 0.717) is 0 Å². The summed E-state index contributed by atoms with van der Waals surface area (Å²) < 4.78 is 40.0. The number of amides is 3. The molecule has 0 radical (unpaired) electrons. The Kier molecular flexibility index (Phi) is 4.49. The summed E-state index contributed by atoms with van der Waals surface area (Å²) in [5.41, 5.74) is -0.207. The predicted octanol–water partition coefficient (Wildman–Crippen LogP) is 2.04. The summed E-state index contributed by atoms with van der Waals surface area (Å²) in [5.74, 6) is -4.23. The molecule has 2 aromatic carbocycles. The summed E-state index contributed by atoms with van der Waals surface area (Å²) in [5, 5.41) is 10.6. The fourth-order valence-corrected chi connectivity index (χ4v) is 3.13. The van der Waals surface area contributed by atoms with Crippen molar-refractivity contribution in [3.63, 3.8) is 0 Å². The number of hydrogen-bond donors (Lipinski definition) is 1. The molecule has 0 saturated carbocycles. The maximum Gasteiger partial charge on any atom is 0.263 e. The molecule has 0 bridgehead atoms. The van der Waals surface area contributed by atoms with Crippen LogP contribution in [0.5, 0.6) is 0 Å². The highest BCUT2D eigenvalue weighted by Crippen LogP contribution is 2.31. The molecule has 1 saturated heterocycles. The van der Waals surface area contributed by atoms with Crippen LogP contribution in [0.4, 0.5) is 24.5 Å². The molecule has 0 aromatic heterocycles. The molecule has 3 amide bonds. The van der Waals surface area contributed by atoms with Gasteiger partial charge in [0.2, 0.25) is 5.91 Å². The summed E-state index contributed by atoms with van der Waals surface area (Å²) in [6.07, 6.45) is 0. The van der Waals surface area contributed by atoms with Crippen LogP contribution in [-0.2, 0) is 14.4 Å². The van der Waals surface area contributed by atoms with Crippen molar-refractivity contribution < 1.29 is 27.6 Å². The Hall–Kier alpha value is -3.76. The van der Waals surface area contributed by atoms with Gasteiger partial charge in [0.25, 0.3) is 11.8 Å². The molecule has 4 rings (SSSR count). The van der Waals surface area contributed by atoms with Crippen molar-refractivity contribution in [2.45, 2.75) is 12.1 Å². The van der Waals surface area contributed by atoms with Gasteiger partial charge in [0.05, 0.1) is 11.4 Å². The minimum Gasteiger partial charge on any atom is -0.322 e. The minimum atomic E-state index is -1.16. The molecule has 2 aliphatic heterocycles. The number of fused-ring (bicyclic) bond motifs is 1. The van der Waals surface area contributed by atoms with E-state index in [1.807, 2.05) is 0 Å². The van der Waals surface area contributed by atoms with Crippen LogP contribution in [0.15, 0.2) is 52.8 Å². The standard InChI is InChI=1S/C18H12F3N5O3/c19-9-1-4-11(5-2-9)26-17(28)15-16(18(26)29)25(24-23-15)8-14(27)22-13-7-10(20)3-6-12(13)21/h1-7,15-16H,8H2,(H,22,27)/t15-,16-/m0/s1. The van der Waals surface area contributed by atoms with Crippen LogP contribution in [-0.4, -0.2) is 41.4 Å². The van der Waals surface area contributed by atoms with Gasteiger partial charge in [-0.25, -0.2) is 18.1 Å². The second-order valence-corrected chi connectivity index (χ2v) is 6.35. The first-order valence-electron chi connectivity index (χ1n) is 8.41. The number of nitrogens with one attached hydrogen (secondary N) is 1. The third-order valence-electron chi connectivity index (χ3n) is 4.45. The molecule has 0 unspecified atom stereocenters. The highest BCUT2D eigenvalue weighted by molar-refractivity contribution is 6.25. The van der Waals surface area contributed by atoms with Crippen LogP contribution < -0.4 is 10.2 Å². The Morgan fingerprint density at radius 3 is 2.41 bits per heavy atom. The molecule has 0 aliphatic carbocycles. The number of halogens is 3. The van der Waals surface area contributed by atoms with Crippen LogP contribution in [0.1, 0.15) is 0 Å². The molecule has 8 nitrogen and oxygen atoms in total. The third kappa shape index (κ3) is 3.30. The van der Waals surface area contributed by atoms with Crippen LogP contribution in [0.2, 0.25) is 0 Å². The molecule has 11 heteroatoms. The normalized spacial score (nSPS) is 20.4. The molecule has 148 valence electrons. The Morgan fingerprint density at radius 2 is 1.69 bits per heavy atom. The van der Waals surface area contributed by atoms with Gasteiger partial charge in [0.1, 0.15) is 24.0 Å². The highest BCUT2D eigenvalue weighted by Gasteiger charge is 2.55. The van der Waals surface area contributed by atoms with Gasteiger partial charge in [-0.3, -0.25) is 19.4 Å². The lowest BCUT2D eigenvalue weighted by atomic mass is 10.1. The number of benzene rings is 2. The van der Waals surface area contributed by atoms with Gasteiger partial charge in [-0.1, -0.05) is 5.22 Å². The van der Waals surface area contributed by atoms with E-state index in [-0.39, 0.29) is 11.4 Å². The van der Waals surface area contributed by atoms with E-state index in [1.165, 1.54) is 12.1 Å². The predicted molar refractivity (Wildman–Crippen MR) is 93.0 cm³/mol. The zero-order valence-corrected chi connectivity index (χ0v) is 14.6. The van der Waals surface area contributed by atoms with Crippen molar-refractivity contribution in [3.05, 3.63) is 59.9 Å². The molecule has 2 aromatic rings. The van der Waals surface area contributed by atoms with Gasteiger partial charge < -0.3 is 5.32 Å². The van der Waals surface area contributed by atoms with Crippen molar-refractivity contribution in [1.29, 1.82) is 0 Å². The zero-order chi connectivity index (χ0) is 20.7. The Bertz CT molecular complexity index is 1040. The van der Waals surface area contributed by atoms with Crippen molar-refractivity contribution in [2.75, 3.05) is 16.8 Å². The van der Waals surface area contributed by atoms with Crippen LogP contribution in [0.3, 0.4) is 0 Å². The van der Waals surface area contributed by atoms with Crippen molar-refractivity contribution >= 4 is 29.1 Å². The van der Waals surface area contributed by atoms with E-state index in [2.05, 4.69) is 15.7 Å². The number of anilines is 2. The number of carbonyl (C=O) groups is 3. The summed E-state index contributed by atoms with van der Waals surface area (Å²) >= 11 is 0. The van der Waals surface area contributed by atoms with Crippen LogP contribution >= 0.6 is 0 Å². The lowest BCUT2D eigenvalue weighted by molar-refractivity contribution is -0.123. The number of imide groups is 1. The van der Waals surface area contributed by atoms with Gasteiger partial charge in [0.15, 0.2) is 12.1 Å². The quantitative estimate of drug-likeness (QED) is 0.791. The number of rotatable bonds is 4. The molecule has 2 aliphatic rings. The van der Waals surface area contributed by atoms with E-state index in [0.717, 1.165) is 40.2 Å². The third-order valence-corrected chi connectivity index (χ3v) is 4.45. The first kappa shape index (κ1) is 18.6. The average molecular weight is 403 g/mol. The van der Waals surface area contributed by atoms with E-state index >= 15 is 0 Å². The maximum atomic E-state index is 13.7. The number of hydrogen-bond acceptors (Lipinski definition) is 6. The molecule has 0 spiro atoms. The van der Waals surface area contributed by atoms with Gasteiger partial charge >= 0.3 is 0 Å². The molecular formula is C18H12F3N5O3. The lowest BCUT2D eigenvalue weighted by Gasteiger charge is -2.20. The van der Waals surface area contributed by atoms with Crippen molar-refractivity contribution in [3.8, 4) is 0 Å². The van der Waals surface area contributed by atoms with Crippen LogP contribution in [0.25, 0.3) is 0 Å². The molecule has 1 N–H and O–H groups in total. The second-order valence-electron chi connectivity index (χ2n) is 6.35. The van der Waals surface area contributed by atoms with Gasteiger partial charge in [-0.2, -0.15) is 5.11 Å². The van der Waals surface area contributed by atoms with Gasteiger partial charge in [0, 0.05) is 6.07 Å². The number of nitrogens with zero attached hydrogens (tertiary/aromatic N) is 4. The Labute approximate surface area is 161 Å². The fourth-order valence-electron chi connectivity index (χ4n) is 3.13. The lowest BCUT2D eigenvalue weighted by Crippen LogP contribution is -2.43. The fraction of sp³-hybridized carbons (Fsp3) is 0.167. The topological polar surface area (TPSA) is 94.4 Å². The zero-order valence-electron chi connectivity index (χ0n) is 14.6. The smallest absolute Gasteiger partial charge is 0.263 e. The molecular weight excluding hydrogens is 391 g/mol. The summed E-state index contributed by atoms with van der Waals surface area (Å²) in [7, 11) is 0. The number of carbonyl (C=O) groups excluding carboxylic acids is 3. The molecule has 2 atom stereocenters. The SMILES string of the molecule is O=C(CN1N=N[C@@H]2C(=O)N(c3ccc(F)cc3)C(=O)[C@H]21)Nc1cc(F)ccc1F. The summed E-state index contributed by atoms with van der Waals surface area (Å²) in [4.78, 5) is 38.3. The summed E-state index contributed by atoms with van der Waals surface area (Å²) in [6.45, 7) is -0.517. The van der Waals surface area contributed by atoms with E-state index < -0.39 is 53.8 Å². The second kappa shape index (κ2) is 7.00.